The van der Waals surface area contributed by atoms with E-state index in [-0.39, 0.29) is 60.7 Å². The summed E-state index contributed by atoms with van der Waals surface area (Å²) in [6, 6.07) is 0.441. The molecule has 3 atom stereocenters. The van der Waals surface area contributed by atoms with Crippen LogP contribution in [0.25, 0.3) is 0 Å². The van der Waals surface area contributed by atoms with Crippen LogP contribution in [0.1, 0.15) is 51.8 Å². The number of carbonyl (C=O) groups excluding carboxylic acids is 5. The number of carbonyl (C=O) groups is 5. The van der Waals surface area contributed by atoms with E-state index in [0.717, 1.165) is 0 Å². The van der Waals surface area contributed by atoms with Gasteiger partial charge in [-0.25, -0.2) is 0 Å². The lowest BCUT2D eigenvalue weighted by Crippen LogP contribution is -2.86. The highest BCUT2D eigenvalue weighted by molar-refractivity contribution is 6.31. The summed E-state index contributed by atoms with van der Waals surface area (Å²) in [7, 11) is 0. The Morgan fingerprint density at radius 3 is 0.708 bits per heavy atom. The highest BCUT2D eigenvalue weighted by Gasteiger charge is 2.81. The van der Waals surface area contributed by atoms with Gasteiger partial charge < -0.3 is 102 Å². The van der Waals surface area contributed by atoms with Gasteiger partial charge in [-0.2, -0.15) is 0 Å². The van der Waals surface area contributed by atoms with Gasteiger partial charge in [-0.1, -0.05) is 0 Å². The molecule has 0 heterocycles. The SMILES string of the molecule is O=C(c1cc(O)c(O)c(O)c1)C(O)(C(=O)c1cc(O)c(O)c(O)c1)[C@](O)(C(=O)c1cc(O)c(O)c(O)c1)C(O)(C(=O)c1cc(O)c(O)c(O)c1)[C@@](O)(CO)C(=O)c1cc(O)c(O)c(O)c1. The summed E-state index contributed by atoms with van der Waals surface area (Å²) in [6.07, 6.45) is 0. The van der Waals surface area contributed by atoms with Crippen molar-refractivity contribution < 1.29 is 126 Å². The van der Waals surface area contributed by atoms with Gasteiger partial charge in [0, 0.05) is 27.8 Å². The van der Waals surface area contributed by atoms with E-state index >= 15 is 9.59 Å². The van der Waals surface area contributed by atoms with Crippen LogP contribution in [-0.2, 0) is 0 Å². The monoisotopic (exact) mass is 912 g/mol. The second-order valence-electron chi connectivity index (χ2n) is 14.1. The van der Waals surface area contributed by atoms with Gasteiger partial charge in [0.25, 0.3) is 0 Å². The molecule has 0 aromatic heterocycles. The van der Waals surface area contributed by atoms with Crippen LogP contribution < -0.4 is 0 Å². The lowest BCUT2D eigenvalue weighted by Gasteiger charge is -2.53. The van der Waals surface area contributed by atoms with E-state index in [2.05, 4.69) is 0 Å². The Morgan fingerprint density at radius 2 is 0.492 bits per heavy atom. The number of Topliss-reactive ketones (excluding diaryl/α,β-unsaturated/α-hetero) is 5. The molecule has 0 radical (unpaired) electrons. The fourth-order valence-corrected chi connectivity index (χ4v) is 6.77. The summed E-state index contributed by atoms with van der Waals surface area (Å²) < 4.78 is 0. The highest BCUT2D eigenvalue weighted by atomic mass is 16.4. The van der Waals surface area contributed by atoms with Crippen LogP contribution in [0.4, 0.5) is 0 Å². The largest absolute Gasteiger partial charge is 0.504 e. The van der Waals surface area contributed by atoms with Crippen molar-refractivity contribution in [2.24, 2.45) is 0 Å². The number of aliphatic hydroxyl groups excluding tert-OH is 1. The lowest BCUT2D eigenvalue weighted by atomic mass is 9.54. The van der Waals surface area contributed by atoms with E-state index in [9.17, 15) is 117 Å². The van der Waals surface area contributed by atoms with Crippen LogP contribution in [0.5, 0.6) is 86.2 Å². The Hall–Kier alpha value is -8.75. The molecule has 0 aliphatic heterocycles. The van der Waals surface area contributed by atoms with Gasteiger partial charge in [-0.05, 0) is 60.7 Å². The normalized spacial score (nSPS) is 14.4. The second-order valence-corrected chi connectivity index (χ2v) is 14.1. The van der Waals surface area contributed by atoms with Gasteiger partial charge in [0.2, 0.25) is 45.7 Å². The summed E-state index contributed by atoms with van der Waals surface area (Å²) in [4.78, 5) is 74.9. The minimum absolute atomic E-state index is 0.00682. The molecule has 0 amide bonds. The van der Waals surface area contributed by atoms with Crippen molar-refractivity contribution in [1.82, 2.24) is 0 Å². The molecule has 65 heavy (non-hydrogen) atoms. The van der Waals surface area contributed by atoms with Crippen LogP contribution in [-0.4, -0.2) is 160 Å². The van der Waals surface area contributed by atoms with Crippen molar-refractivity contribution in [3.05, 3.63) is 88.5 Å². The zero-order chi connectivity index (χ0) is 49.2. The Morgan fingerprint density at radius 1 is 0.308 bits per heavy atom. The molecule has 25 heteroatoms. The van der Waals surface area contributed by atoms with Crippen LogP contribution >= 0.6 is 0 Å². The topological polar surface area (TPSA) is 490 Å². The van der Waals surface area contributed by atoms with E-state index < -0.39 is 172 Å². The predicted molar refractivity (Wildman–Crippen MR) is 206 cm³/mol. The number of hydrogen-bond donors (Lipinski definition) is 20. The summed E-state index contributed by atoms with van der Waals surface area (Å²) >= 11 is 0. The fourth-order valence-electron chi connectivity index (χ4n) is 6.77. The van der Waals surface area contributed by atoms with E-state index in [1.54, 1.807) is 0 Å². The minimum Gasteiger partial charge on any atom is -0.504 e. The van der Waals surface area contributed by atoms with Crippen molar-refractivity contribution in [2.75, 3.05) is 6.61 Å². The molecule has 0 saturated carbocycles. The van der Waals surface area contributed by atoms with Gasteiger partial charge in [0.15, 0.2) is 91.8 Å². The first kappa shape index (κ1) is 47.3. The number of aliphatic hydroxyl groups is 5. The lowest BCUT2D eigenvalue weighted by molar-refractivity contribution is -0.224. The van der Waals surface area contributed by atoms with Crippen LogP contribution in [0, 0.1) is 0 Å². The van der Waals surface area contributed by atoms with Crippen molar-refractivity contribution in [3.63, 3.8) is 0 Å². The van der Waals surface area contributed by atoms with Crippen molar-refractivity contribution >= 4 is 28.9 Å². The van der Waals surface area contributed by atoms with Crippen LogP contribution in [0.2, 0.25) is 0 Å². The molecular formula is C40H32O25. The quantitative estimate of drug-likeness (QED) is 0.0357. The third-order valence-corrected chi connectivity index (χ3v) is 10.2. The molecule has 0 spiro atoms. The molecule has 5 aromatic rings. The first-order valence-corrected chi connectivity index (χ1v) is 17.5. The third kappa shape index (κ3) is 6.85. The number of phenols is 15. The number of rotatable bonds is 14. The van der Waals surface area contributed by atoms with Gasteiger partial charge in [0.05, 0.1) is 6.61 Å². The number of phenolic OH excluding ortho intramolecular Hbond substituents is 15. The molecule has 5 aromatic carbocycles. The average Bonchev–Trinajstić information content (AvgIpc) is 3.26. The van der Waals surface area contributed by atoms with Gasteiger partial charge in [-0.15, -0.1) is 0 Å². The molecule has 25 nitrogen and oxygen atoms in total. The average molecular weight is 913 g/mol. The zero-order valence-electron chi connectivity index (χ0n) is 32.0. The number of hydrogen-bond acceptors (Lipinski definition) is 25. The maximum atomic E-state index is 15.3. The van der Waals surface area contributed by atoms with Gasteiger partial charge in [0.1, 0.15) is 0 Å². The molecule has 0 bridgehead atoms. The van der Waals surface area contributed by atoms with Crippen molar-refractivity contribution in [1.29, 1.82) is 0 Å². The van der Waals surface area contributed by atoms with Gasteiger partial charge >= 0.3 is 0 Å². The molecule has 342 valence electrons. The molecule has 0 aliphatic carbocycles. The number of ketones is 5. The Labute approximate surface area is 358 Å². The maximum absolute atomic E-state index is 15.3. The summed E-state index contributed by atoms with van der Waals surface area (Å²) in [5, 5.41) is 216. The smallest absolute Gasteiger partial charge is 0.230 e. The van der Waals surface area contributed by atoms with Gasteiger partial charge in [-0.3, -0.25) is 24.0 Å². The Bertz CT molecular complexity index is 2700. The number of benzene rings is 5. The second kappa shape index (κ2) is 15.9. The molecule has 0 fully saturated rings. The summed E-state index contributed by atoms with van der Waals surface area (Å²) in [5.41, 5.74) is -29.7. The first-order chi connectivity index (χ1) is 30.0. The van der Waals surface area contributed by atoms with E-state index in [0.29, 0.717) is 0 Å². The molecule has 5 rings (SSSR count). The van der Waals surface area contributed by atoms with Crippen molar-refractivity contribution in [3.8, 4) is 86.2 Å². The summed E-state index contributed by atoms with van der Waals surface area (Å²) in [5.74, 6) is -36.4. The molecule has 0 saturated heterocycles. The standard InChI is InChI=1S/C40H32O25/c41-11-37(62,32(57)12-1-17(42)27(52)18(43)2-12)39(64,35(60)15-7-23(48)30(55)24(49)8-15)40(65,36(61)16-9-25(50)31(56)26(51)10-16)38(63,33(58)13-3-19(44)28(53)20(45)4-13)34(59)14-5-21(46)29(54)22(47)6-14/h1-10,41-56,62-65H,11H2/t37-,39?,40-/m1/s1. The van der Waals surface area contributed by atoms with E-state index in [4.69, 9.17) is 0 Å². The Kier molecular flexibility index (Phi) is 11.5. The highest BCUT2D eigenvalue weighted by Crippen LogP contribution is 2.52. The maximum Gasteiger partial charge on any atom is 0.230 e. The molecule has 20 N–H and O–H groups in total. The number of aromatic hydroxyl groups is 15. The third-order valence-electron chi connectivity index (χ3n) is 10.2. The molecule has 0 aliphatic rings. The van der Waals surface area contributed by atoms with Crippen LogP contribution in [0.3, 0.4) is 0 Å². The van der Waals surface area contributed by atoms with E-state index in [1.165, 1.54) is 0 Å². The van der Waals surface area contributed by atoms with E-state index in [1.807, 2.05) is 0 Å². The predicted octanol–water partition coefficient (Wildman–Crippen LogP) is -1.10. The first-order valence-electron chi connectivity index (χ1n) is 17.5. The zero-order valence-corrected chi connectivity index (χ0v) is 32.0. The summed E-state index contributed by atoms with van der Waals surface area (Å²) in [6.45, 7) is -2.63. The molecule has 1 unspecified atom stereocenters. The van der Waals surface area contributed by atoms with Crippen LogP contribution in [0.15, 0.2) is 60.7 Å². The molecular weight excluding hydrogens is 880 g/mol. The minimum atomic E-state index is -5.70. The fraction of sp³-hybridized carbons (Fsp3) is 0.125. The Balaban J connectivity index is 2.14. The van der Waals surface area contributed by atoms with Crippen molar-refractivity contribution in [2.45, 2.75) is 22.4 Å².